The summed E-state index contributed by atoms with van der Waals surface area (Å²) in [4.78, 5) is 4.20. The lowest BCUT2D eigenvalue weighted by Crippen LogP contribution is -2.10. The highest BCUT2D eigenvalue weighted by Gasteiger charge is 1.89. The molecule has 0 saturated carbocycles. The SMILES string of the molecule is CC(C)N=C(N)C=Cc1ccccc1. The molecule has 0 amide bonds. The molecule has 2 nitrogen and oxygen atoms in total. The van der Waals surface area contributed by atoms with Crippen LogP contribution >= 0.6 is 0 Å². The number of nitrogens with two attached hydrogens (primary N) is 1. The predicted molar refractivity (Wildman–Crippen MR) is 62.2 cm³/mol. The fourth-order valence-corrected chi connectivity index (χ4v) is 1.09. The van der Waals surface area contributed by atoms with Gasteiger partial charge < -0.3 is 5.73 Å². The fourth-order valence-electron chi connectivity index (χ4n) is 1.09. The van der Waals surface area contributed by atoms with Crippen molar-refractivity contribution >= 4 is 11.9 Å². The van der Waals surface area contributed by atoms with Crippen LogP contribution in [-0.2, 0) is 0 Å². The second kappa shape index (κ2) is 5.22. The summed E-state index contributed by atoms with van der Waals surface area (Å²) in [5.74, 6) is 0.573. The van der Waals surface area contributed by atoms with Gasteiger partial charge in [-0.3, -0.25) is 4.99 Å². The van der Waals surface area contributed by atoms with Gasteiger partial charge in [0.1, 0.15) is 5.84 Å². The first-order valence-electron chi connectivity index (χ1n) is 4.75. The molecule has 0 spiro atoms. The Hall–Kier alpha value is -1.57. The van der Waals surface area contributed by atoms with Gasteiger partial charge in [-0.05, 0) is 25.5 Å². The number of hydrogen-bond acceptors (Lipinski definition) is 1. The summed E-state index contributed by atoms with van der Waals surface area (Å²) < 4.78 is 0. The first-order chi connectivity index (χ1) is 6.68. The van der Waals surface area contributed by atoms with E-state index in [0.29, 0.717) is 5.84 Å². The minimum atomic E-state index is 0.246. The van der Waals surface area contributed by atoms with Gasteiger partial charge in [-0.1, -0.05) is 36.4 Å². The molecule has 0 heterocycles. The van der Waals surface area contributed by atoms with Gasteiger partial charge in [-0.15, -0.1) is 0 Å². The van der Waals surface area contributed by atoms with Crippen LogP contribution in [0.1, 0.15) is 19.4 Å². The molecule has 2 N–H and O–H groups in total. The van der Waals surface area contributed by atoms with Crippen LogP contribution in [0.15, 0.2) is 41.4 Å². The molecule has 0 aliphatic rings. The Balaban J connectivity index is 2.65. The second-order valence-electron chi connectivity index (χ2n) is 3.39. The molecule has 0 saturated heterocycles. The van der Waals surface area contributed by atoms with E-state index in [1.165, 1.54) is 0 Å². The monoisotopic (exact) mass is 188 g/mol. The molecule has 1 aromatic carbocycles. The summed E-state index contributed by atoms with van der Waals surface area (Å²) >= 11 is 0. The highest BCUT2D eigenvalue weighted by atomic mass is 14.9. The molecule has 14 heavy (non-hydrogen) atoms. The maximum absolute atomic E-state index is 5.69. The van der Waals surface area contributed by atoms with Crippen molar-refractivity contribution in [1.29, 1.82) is 0 Å². The van der Waals surface area contributed by atoms with Crippen molar-refractivity contribution in [2.24, 2.45) is 10.7 Å². The zero-order chi connectivity index (χ0) is 10.4. The zero-order valence-corrected chi connectivity index (χ0v) is 8.64. The van der Waals surface area contributed by atoms with Gasteiger partial charge in [0.05, 0.1) is 0 Å². The van der Waals surface area contributed by atoms with E-state index in [0.717, 1.165) is 5.56 Å². The molecule has 0 fully saturated rings. The standard InChI is InChI=1S/C12H16N2/c1-10(2)14-12(13)9-8-11-6-4-3-5-7-11/h3-10H,1-2H3,(H2,13,14). The van der Waals surface area contributed by atoms with Gasteiger partial charge in [0.15, 0.2) is 0 Å². The minimum Gasteiger partial charge on any atom is -0.384 e. The Morgan fingerprint density at radius 2 is 1.93 bits per heavy atom. The highest BCUT2D eigenvalue weighted by molar-refractivity contribution is 5.95. The Morgan fingerprint density at radius 1 is 1.29 bits per heavy atom. The molecule has 0 radical (unpaired) electrons. The largest absolute Gasteiger partial charge is 0.384 e. The molecular formula is C12H16N2. The fraction of sp³-hybridized carbons (Fsp3) is 0.250. The lowest BCUT2D eigenvalue weighted by molar-refractivity contribution is 0.835. The van der Waals surface area contributed by atoms with Crippen molar-refractivity contribution in [3.63, 3.8) is 0 Å². The van der Waals surface area contributed by atoms with Gasteiger partial charge in [-0.2, -0.15) is 0 Å². The van der Waals surface area contributed by atoms with Crippen molar-refractivity contribution in [3.05, 3.63) is 42.0 Å². The van der Waals surface area contributed by atoms with Gasteiger partial charge >= 0.3 is 0 Å². The van der Waals surface area contributed by atoms with E-state index in [1.807, 2.05) is 56.3 Å². The number of nitrogens with zero attached hydrogens (tertiary/aromatic N) is 1. The summed E-state index contributed by atoms with van der Waals surface area (Å²) in [6.07, 6.45) is 3.79. The van der Waals surface area contributed by atoms with Crippen LogP contribution in [0, 0.1) is 0 Å². The maximum Gasteiger partial charge on any atom is 0.118 e. The summed E-state index contributed by atoms with van der Waals surface area (Å²) in [6.45, 7) is 4.01. The van der Waals surface area contributed by atoms with Crippen LogP contribution < -0.4 is 5.73 Å². The van der Waals surface area contributed by atoms with E-state index in [1.54, 1.807) is 0 Å². The van der Waals surface area contributed by atoms with Crippen molar-refractivity contribution in [2.75, 3.05) is 0 Å². The lowest BCUT2D eigenvalue weighted by atomic mass is 10.2. The van der Waals surface area contributed by atoms with Gasteiger partial charge in [0.25, 0.3) is 0 Å². The second-order valence-corrected chi connectivity index (χ2v) is 3.39. The Bertz CT molecular complexity index is 323. The molecule has 74 valence electrons. The van der Waals surface area contributed by atoms with E-state index in [-0.39, 0.29) is 6.04 Å². The first kappa shape index (κ1) is 10.5. The third-order valence-electron chi connectivity index (χ3n) is 1.65. The molecule has 0 aliphatic heterocycles. The summed E-state index contributed by atoms with van der Waals surface area (Å²) in [5, 5.41) is 0. The lowest BCUT2D eigenvalue weighted by Gasteiger charge is -1.97. The number of rotatable bonds is 3. The van der Waals surface area contributed by atoms with Crippen LogP contribution in [0.25, 0.3) is 6.08 Å². The topological polar surface area (TPSA) is 38.4 Å². The average molecular weight is 188 g/mol. The van der Waals surface area contributed by atoms with Crippen molar-refractivity contribution in [1.82, 2.24) is 0 Å². The minimum absolute atomic E-state index is 0.246. The number of benzene rings is 1. The Kier molecular flexibility index (Phi) is 3.92. The first-order valence-corrected chi connectivity index (χ1v) is 4.75. The maximum atomic E-state index is 5.69. The number of amidine groups is 1. The van der Waals surface area contributed by atoms with Crippen molar-refractivity contribution in [2.45, 2.75) is 19.9 Å². The molecule has 0 aliphatic carbocycles. The highest BCUT2D eigenvalue weighted by Crippen LogP contribution is 2.00. The molecule has 0 aromatic heterocycles. The van der Waals surface area contributed by atoms with E-state index in [4.69, 9.17) is 5.73 Å². The number of aliphatic imine (C=N–C) groups is 1. The quantitative estimate of drug-likeness (QED) is 0.574. The van der Waals surface area contributed by atoms with Crippen LogP contribution in [0.2, 0.25) is 0 Å². The third kappa shape index (κ3) is 3.90. The Labute approximate surface area is 85.2 Å². The zero-order valence-electron chi connectivity index (χ0n) is 8.64. The van der Waals surface area contributed by atoms with Gasteiger partial charge in [0, 0.05) is 6.04 Å². The smallest absolute Gasteiger partial charge is 0.118 e. The number of hydrogen-bond donors (Lipinski definition) is 1. The van der Waals surface area contributed by atoms with E-state index >= 15 is 0 Å². The van der Waals surface area contributed by atoms with Crippen LogP contribution in [-0.4, -0.2) is 11.9 Å². The summed E-state index contributed by atoms with van der Waals surface area (Å²) in [7, 11) is 0. The van der Waals surface area contributed by atoms with Crippen LogP contribution in [0.5, 0.6) is 0 Å². The molecule has 0 atom stereocenters. The van der Waals surface area contributed by atoms with Crippen LogP contribution in [0.4, 0.5) is 0 Å². The molecule has 2 heteroatoms. The normalized spacial score (nSPS) is 12.6. The average Bonchev–Trinajstić information content (AvgIpc) is 2.15. The molecule has 0 bridgehead atoms. The molecule has 1 aromatic rings. The third-order valence-corrected chi connectivity index (χ3v) is 1.65. The van der Waals surface area contributed by atoms with Gasteiger partial charge in [-0.25, -0.2) is 0 Å². The molecule has 1 rings (SSSR count). The summed E-state index contributed by atoms with van der Waals surface area (Å²) in [6, 6.07) is 10.3. The summed E-state index contributed by atoms with van der Waals surface area (Å²) in [5.41, 5.74) is 6.82. The van der Waals surface area contributed by atoms with Crippen molar-refractivity contribution < 1.29 is 0 Å². The van der Waals surface area contributed by atoms with E-state index in [2.05, 4.69) is 4.99 Å². The molecule has 0 unspecified atom stereocenters. The molecular weight excluding hydrogens is 172 g/mol. The Morgan fingerprint density at radius 3 is 2.50 bits per heavy atom. The van der Waals surface area contributed by atoms with Crippen molar-refractivity contribution in [3.8, 4) is 0 Å². The predicted octanol–water partition coefficient (Wildman–Crippen LogP) is 2.47. The van der Waals surface area contributed by atoms with E-state index in [9.17, 15) is 0 Å². The van der Waals surface area contributed by atoms with E-state index < -0.39 is 0 Å². The van der Waals surface area contributed by atoms with Gasteiger partial charge in [0.2, 0.25) is 0 Å². The van der Waals surface area contributed by atoms with Crippen LogP contribution in [0.3, 0.4) is 0 Å².